The summed E-state index contributed by atoms with van der Waals surface area (Å²) in [6.07, 6.45) is -0.203. The van der Waals surface area contributed by atoms with Crippen molar-refractivity contribution in [2.45, 2.75) is 57.0 Å². The fraction of sp³-hybridized carbons (Fsp3) is 0.423. The number of nitrogens with zero attached hydrogens (tertiary/aromatic N) is 3. The number of carboxylic acid groups (broad SMARTS) is 2. The molecule has 0 amide bonds. The van der Waals surface area contributed by atoms with Gasteiger partial charge in [-0.15, -0.1) is 0 Å². The third-order valence-electron chi connectivity index (χ3n) is 6.25. The van der Waals surface area contributed by atoms with E-state index in [1.807, 2.05) is 12.1 Å². The van der Waals surface area contributed by atoms with Crippen LogP contribution in [0.2, 0.25) is 0 Å². The SMILES string of the molecule is O=C(O)C(F)(F)F.O=C(O)CC(Cc1nc(CCCc2ccc3c(n2)NCCC3)no1)c1ccc2c(c1)OCO2. The minimum atomic E-state index is -5.08. The van der Waals surface area contributed by atoms with Crippen LogP contribution in [0.25, 0.3) is 0 Å². The first-order chi connectivity index (χ1) is 19.1. The van der Waals surface area contributed by atoms with Gasteiger partial charge in [-0.2, -0.15) is 18.2 Å². The number of rotatable bonds is 9. The summed E-state index contributed by atoms with van der Waals surface area (Å²) < 4.78 is 47.9. The zero-order valence-electron chi connectivity index (χ0n) is 21.2. The standard InChI is InChI=1S/C24H26N4O5.C2HF3O2/c29-23(30)13-17(16-7-9-19-20(11-16)32-14-31-19)12-22-27-21(28-33-22)5-1-4-18-8-6-15-3-2-10-25-24(15)26-18;3-2(4,5)1(6)7/h6-9,11,17H,1-5,10,12-14H2,(H,25,26)(H,29,30);(H,6,7). The van der Waals surface area contributed by atoms with Crippen LogP contribution in [0.4, 0.5) is 19.0 Å². The molecule has 2 aromatic heterocycles. The van der Waals surface area contributed by atoms with Crippen LogP contribution in [0.3, 0.4) is 0 Å². The summed E-state index contributed by atoms with van der Waals surface area (Å²) in [6.45, 7) is 1.15. The van der Waals surface area contributed by atoms with E-state index in [2.05, 4.69) is 27.6 Å². The molecule has 0 radical (unpaired) electrons. The number of hydrogen-bond acceptors (Lipinski definition) is 9. The number of alkyl halides is 3. The van der Waals surface area contributed by atoms with Crippen molar-refractivity contribution in [2.24, 2.45) is 0 Å². The fourth-order valence-electron chi connectivity index (χ4n) is 4.31. The molecule has 0 spiro atoms. The quantitative estimate of drug-likeness (QED) is 0.343. The van der Waals surface area contributed by atoms with Crippen molar-refractivity contribution in [3.8, 4) is 11.5 Å². The Balaban J connectivity index is 0.000000470. The van der Waals surface area contributed by atoms with Gasteiger partial charge in [0.2, 0.25) is 12.7 Å². The van der Waals surface area contributed by atoms with Gasteiger partial charge in [-0.05, 0) is 55.0 Å². The Morgan fingerprint density at radius 1 is 1.05 bits per heavy atom. The number of hydrogen-bond donors (Lipinski definition) is 3. The number of fused-ring (bicyclic) bond motifs is 2. The van der Waals surface area contributed by atoms with Crippen molar-refractivity contribution in [1.29, 1.82) is 0 Å². The zero-order chi connectivity index (χ0) is 28.7. The van der Waals surface area contributed by atoms with E-state index in [-0.39, 0.29) is 19.1 Å². The van der Waals surface area contributed by atoms with Crippen LogP contribution in [-0.2, 0) is 35.3 Å². The van der Waals surface area contributed by atoms with E-state index < -0.39 is 18.1 Å². The smallest absolute Gasteiger partial charge is 0.481 e. The van der Waals surface area contributed by atoms with Crippen molar-refractivity contribution in [2.75, 3.05) is 18.7 Å². The number of ether oxygens (including phenoxy) is 2. The van der Waals surface area contributed by atoms with Crippen molar-refractivity contribution in [1.82, 2.24) is 15.1 Å². The fourth-order valence-corrected chi connectivity index (χ4v) is 4.31. The molecule has 0 aliphatic carbocycles. The molecule has 4 heterocycles. The molecule has 0 bridgehead atoms. The summed E-state index contributed by atoms with van der Waals surface area (Å²) in [6, 6.07) is 9.74. The van der Waals surface area contributed by atoms with E-state index in [1.165, 1.54) is 5.56 Å². The summed E-state index contributed by atoms with van der Waals surface area (Å²) in [7, 11) is 0. The summed E-state index contributed by atoms with van der Waals surface area (Å²) in [5.41, 5.74) is 3.18. The number of halogens is 3. The highest BCUT2D eigenvalue weighted by Crippen LogP contribution is 2.36. The zero-order valence-corrected chi connectivity index (χ0v) is 21.2. The maximum absolute atomic E-state index is 11.4. The van der Waals surface area contributed by atoms with Crippen LogP contribution in [0.15, 0.2) is 34.9 Å². The molecule has 14 heteroatoms. The average Bonchev–Trinajstić information content (AvgIpc) is 3.57. The van der Waals surface area contributed by atoms with Gasteiger partial charge in [0.1, 0.15) is 5.82 Å². The van der Waals surface area contributed by atoms with Gasteiger partial charge in [0.25, 0.3) is 0 Å². The molecule has 5 rings (SSSR count). The van der Waals surface area contributed by atoms with Crippen LogP contribution in [0.1, 0.15) is 53.7 Å². The van der Waals surface area contributed by atoms with E-state index >= 15 is 0 Å². The number of aromatic nitrogens is 3. The van der Waals surface area contributed by atoms with Crippen molar-refractivity contribution >= 4 is 17.8 Å². The summed E-state index contributed by atoms with van der Waals surface area (Å²) in [4.78, 5) is 29.6. The molecule has 3 aromatic rings. The van der Waals surface area contributed by atoms with E-state index in [9.17, 15) is 23.1 Å². The maximum atomic E-state index is 11.4. The molecular formula is C26H27F3N4O7. The van der Waals surface area contributed by atoms with E-state index in [0.717, 1.165) is 49.3 Å². The van der Waals surface area contributed by atoms with Crippen LogP contribution < -0.4 is 14.8 Å². The second-order valence-corrected chi connectivity index (χ2v) is 9.21. The van der Waals surface area contributed by atoms with E-state index in [4.69, 9.17) is 28.9 Å². The van der Waals surface area contributed by atoms with Gasteiger partial charge in [0.05, 0.1) is 6.42 Å². The molecule has 0 saturated heterocycles. The van der Waals surface area contributed by atoms with E-state index in [0.29, 0.717) is 36.1 Å². The minimum absolute atomic E-state index is 0.0462. The summed E-state index contributed by atoms with van der Waals surface area (Å²) in [5.74, 6) is -0.592. The van der Waals surface area contributed by atoms with Crippen molar-refractivity contribution in [3.05, 3.63) is 58.9 Å². The molecule has 11 nitrogen and oxygen atoms in total. The number of benzene rings is 1. The van der Waals surface area contributed by atoms with Crippen LogP contribution in [-0.4, -0.2) is 56.8 Å². The van der Waals surface area contributed by atoms with Gasteiger partial charge in [0.15, 0.2) is 17.3 Å². The summed E-state index contributed by atoms with van der Waals surface area (Å²) in [5, 5.41) is 24.0. The Hall–Kier alpha value is -4.36. The Bertz CT molecular complexity index is 1350. The monoisotopic (exact) mass is 564 g/mol. The highest BCUT2D eigenvalue weighted by atomic mass is 19.4. The topological polar surface area (TPSA) is 157 Å². The molecule has 1 aromatic carbocycles. The van der Waals surface area contributed by atoms with Gasteiger partial charge in [0, 0.05) is 31.0 Å². The normalized spacial score (nSPS) is 14.4. The molecule has 2 aliphatic rings. The Labute approximate surface area is 226 Å². The lowest BCUT2D eigenvalue weighted by Crippen LogP contribution is -2.21. The minimum Gasteiger partial charge on any atom is -0.481 e. The van der Waals surface area contributed by atoms with E-state index in [1.54, 1.807) is 6.07 Å². The number of carbonyl (C=O) groups is 2. The van der Waals surface area contributed by atoms with Crippen molar-refractivity contribution < 1.29 is 47.0 Å². The molecule has 214 valence electrons. The van der Waals surface area contributed by atoms with Gasteiger partial charge < -0.3 is 29.5 Å². The number of aliphatic carboxylic acids is 2. The third-order valence-corrected chi connectivity index (χ3v) is 6.25. The number of carboxylic acids is 2. The first-order valence-corrected chi connectivity index (χ1v) is 12.5. The predicted octanol–water partition coefficient (Wildman–Crippen LogP) is 4.16. The van der Waals surface area contributed by atoms with Crippen LogP contribution >= 0.6 is 0 Å². The molecule has 0 saturated carbocycles. The highest BCUT2D eigenvalue weighted by Gasteiger charge is 2.38. The largest absolute Gasteiger partial charge is 0.490 e. The van der Waals surface area contributed by atoms with Gasteiger partial charge in [-0.25, -0.2) is 9.78 Å². The van der Waals surface area contributed by atoms with Crippen LogP contribution in [0, 0.1) is 0 Å². The van der Waals surface area contributed by atoms with Crippen LogP contribution in [0.5, 0.6) is 11.5 Å². The molecular weight excluding hydrogens is 537 g/mol. The molecule has 1 unspecified atom stereocenters. The maximum Gasteiger partial charge on any atom is 0.490 e. The Morgan fingerprint density at radius 3 is 2.58 bits per heavy atom. The van der Waals surface area contributed by atoms with Gasteiger partial charge >= 0.3 is 18.1 Å². The Morgan fingerprint density at radius 2 is 1.82 bits per heavy atom. The average molecular weight is 565 g/mol. The first-order valence-electron chi connectivity index (χ1n) is 12.5. The second kappa shape index (κ2) is 12.7. The second-order valence-electron chi connectivity index (χ2n) is 9.21. The number of pyridine rings is 1. The van der Waals surface area contributed by atoms with Gasteiger partial charge in [-0.1, -0.05) is 17.3 Å². The first kappa shape index (κ1) is 28.6. The summed E-state index contributed by atoms with van der Waals surface area (Å²) >= 11 is 0. The lowest BCUT2D eigenvalue weighted by Gasteiger charge is -2.17. The molecule has 3 N–H and O–H groups in total. The number of nitrogens with one attached hydrogen (secondary N) is 1. The molecule has 2 aliphatic heterocycles. The lowest BCUT2D eigenvalue weighted by molar-refractivity contribution is -0.192. The van der Waals surface area contributed by atoms with Crippen molar-refractivity contribution in [3.63, 3.8) is 0 Å². The Kier molecular flexibility index (Phi) is 9.07. The predicted molar refractivity (Wildman–Crippen MR) is 132 cm³/mol. The molecule has 1 atom stereocenters. The highest BCUT2D eigenvalue weighted by molar-refractivity contribution is 5.73. The molecule has 40 heavy (non-hydrogen) atoms. The molecule has 0 fully saturated rings. The van der Waals surface area contributed by atoms with Gasteiger partial charge in [-0.3, -0.25) is 4.79 Å². The third kappa shape index (κ3) is 7.83. The lowest BCUT2D eigenvalue weighted by atomic mass is 9.92. The number of aryl methyl sites for hydroxylation is 3. The number of anilines is 1.